The van der Waals surface area contributed by atoms with Gasteiger partial charge in [-0.05, 0) is 42.7 Å². The van der Waals surface area contributed by atoms with Gasteiger partial charge in [-0.15, -0.1) is 0 Å². The van der Waals surface area contributed by atoms with Crippen LogP contribution in [-0.4, -0.2) is 15.8 Å². The normalized spacial score (nSPS) is 16.6. The molecule has 21 heavy (non-hydrogen) atoms. The predicted octanol–water partition coefficient (Wildman–Crippen LogP) is 3.60. The Morgan fingerprint density at radius 1 is 0.952 bits per heavy atom. The van der Waals surface area contributed by atoms with Gasteiger partial charge in [0.1, 0.15) is 11.2 Å². The molecule has 0 bridgehead atoms. The molecule has 0 heterocycles. The molecule has 2 aromatic carbocycles. The highest BCUT2D eigenvalue weighted by molar-refractivity contribution is 5.83. The fourth-order valence-corrected chi connectivity index (χ4v) is 2.37. The molecule has 0 spiro atoms. The van der Waals surface area contributed by atoms with E-state index in [4.69, 9.17) is 0 Å². The van der Waals surface area contributed by atoms with E-state index in [1.54, 1.807) is 13.8 Å². The lowest BCUT2D eigenvalue weighted by atomic mass is 9.92. The van der Waals surface area contributed by atoms with Crippen LogP contribution in [0.5, 0.6) is 0 Å². The Bertz CT molecular complexity index is 687. The molecular weight excluding hydrogens is 260 g/mol. The second kappa shape index (κ2) is 5.89. The first kappa shape index (κ1) is 15.6. The molecule has 110 valence electrons. The number of aliphatic hydroxyl groups is 2. The maximum Gasteiger partial charge on any atom is 0.148 e. The van der Waals surface area contributed by atoms with Gasteiger partial charge in [-0.25, -0.2) is 0 Å². The summed E-state index contributed by atoms with van der Waals surface area (Å²) in [5, 5.41) is 22.9. The molecule has 2 rings (SSSR count). The Kier molecular flexibility index (Phi) is 4.37. The van der Waals surface area contributed by atoms with E-state index in [1.807, 2.05) is 49.4 Å². The van der Waals surface area contributed by atoms with Gasteiger partial charge < -0.3 is 10.2 Å². The van der Waals surface area contributed by atoms with Gasteiger partial charge in [0.25, 0.3) is 0 Å². The van der Waals surface area contributed by atoms with E-state index in [9.17, 15) is 10.2 Å². The van der Waals surface area contributed by atoms with E-state index in [0.717, 1.165) is 22.8 Å². The second-order valence-corrected chi connectivity index (χ2v) is 5.91. The number of hydrogen-bond donors (Lipinski definition) is 2. The summed E-state index contributed by atoms with van der Waals surface area (Å²) in [4.78, 5) is 0. The van der Waals surface area contributed by atoms with Gasteiger partial charge in [0, 0.05) is 0 Å². The monoisotopic (exact) mass is 282 g/mol. The van der Waals surface area contributed by atoms with Crippen molar-refractivity contribution in [1.82, 2.24) is 0 Å². The highest BCUT2D eigenvalue weighted by Crippen LogP contribution is 2.25. The maximum absolute atomic E-state index is 10.6. The largest absolute Gasteiger partial charge is 0.378 e. The van der Waals surface area contributed by atoms with Gasteiger partial charge in [-0.3, -0.25) is 0 Å². The number of fused-ring (bicyclic) bond motifs is 1. The van der Waals surface area contributed by atoms with Crippen molar-refractivity contribution in [3.63, 3.8) is 0 Å². The third-order valence-corrected chi connectivity index (χ3v) is 3.62. The molecule has 0 unspecified atom stereocenters. The van der Waals surface area contributed by atoms with E-state index >= 15 is 0 Å². The van der Waals surface area contributed by atoms with Crippen LogP contribution >= 0.6 is 0 Å². The third-order valence-electron chi connectivity index (χ3n) is 3.62. The van der Waals surface area contributed by atoms with Crippen LogP contribution < -0.4 is 0 Å². The van der Waals surface area contributed by atoms with Crippen LogP contribution in [0, 0.1) is 11.8 Å². The van der Waals surface area contributed by atoms with Crippen LogP contribution in [0.3, 0.4) is 0 Å². The van der Waals surface area contributed by atoms with E-state index in [1.165, 1.54) is 0 Å². The van der Waals surface area contributed by atoms with Crippen molar-refractivity contribution < 1.29 is 10.2 Å². The standard InChI is InChI=1S/C19H22O2/c1-4-11-18(2,20)12-13-19(3,21)17-10-9-15-7-5-6-8-16(15)14-17/h5-10,14,20-21H,4,11H2,1-3H3/t18-,19-/m1/s1. The minimum atomic E-state index is -1.28. The molecule has 0 aliphatic heterocycles. The third kappa shape index (κ3) is 3.85. The van der Waals surface area contributed by atoms with Crippen LogP contribution in [0.4, 0.5) is 0 Å². The van der Waals surface area contributed by atoms with Gasteiger partial charge in [0.15, 0.2) is 0 Å². The summed E-state index contributed by atoms with van der Waals surface area (Å²) < 4.78 is 0. The minimum absolute atomic E-state index is 0.591. The van der Waals surface area contributed by atoms with Crippen molar-refractivity contribution in [2.45, 2.75) is 44.8 Å². The lowest BCUT2D eigenvalue weighted by molar-refractivity contribution is 0.103. The summed E-state index contributed by atoms with van der Waals surface area (Å²) in [6, 6.07) is 13.8. The van der Waals surface area contributed by atoms with Crippen molar-refractivity contribution >= 4 is 10.8 Å². The van der Waals surface area contributed by atoms with Gasteiger partial charge in [-0.2, -0.15) is 0 Å². The molecule has 2 atom stereocenters. The molecule has 2 heteroatoms. The highest BCUT2D eigenvalue weighted by atomic mass is 16.3. The molecule has 0 amide bonds. The topological polar surface area (TPSA) is 40.5 Å². The van der Waals surface area contributed by atoms with Gasteiger partial charge >= 0.3 is 0 Å². The number of benzene rings is 2. The minimum Gasteiger partial charge on any atom is -0.378 e. The maximum atomic E-state index is 10.6. The Balaban J connectivity index is 2.35. The quantitative estimate of drug-likeness (QED) is 0.844. The van der Waals surface area contributed by atoms with Crippen LogP contribution in [0.1, 0.15) is 39.2 Å². The van der Waals surface area contributed by atoms with Crippen molar-refractivity contribution in [3.8, 4) is 11.8 Å². The molecule has 2 nitrogen and oxygen atoms in total. The predicted molar refractivity (Wildman–Crippen MR) is 86.8 cm³/mol. The Hall–Kier alpha value is -1.82. The summed E-state index contributed by atoms with van der Waals surface area (Å²) in [5.41, 5.74) is -1.60. The van der Waals surface area contributed by atoms with Crippen LogP contribution in [0.15, 0.2) is 42.5 Å². The number of rotatable bonds is 3. The average Bonchev–Trinajstić information content (AvgIpc) is 2.45. The molecule has 0 aromatic heterocycles. The van der Waals surface area contributed by atoms with Crippen molar-refractivity contribution in [2.24, 2.45) is 0 Å². The average molecular weight is 282 g/mol. The van der Waals surface area contributed by atoms with E-state index in [-0.39, 0.29) is 0 Å². The molecule has 2 N–H and O–H groups in total. The lowest BCUT2D eigenvalue weighted by Gasteiger charge is -2.20. The fraction of sp³-hybridized carbons (Fsp3) is 0.368. The first-order chi connectivity index (χ1) is 9.84. The smallest absolute Gasteiger partial charge is 0.148 e. The zero-order valence-electron chi connectivity index (χ0n) is 12.9. The zero-order valence-corrected chi connectivity index (χ0v) is 12.9. The Morgan fingerprint density at radius 3 is 2.29 bits per heavy atom. The SMILES string of the molecule is CCC[C@@](C)(O)C#C[C@@](C)(O)c1ccc2ccccc2c1. The lowest BCUT2D eigenvalue weighted by Crippen LogP contribution is -2.24. The summed E-state index contributed by atoms with van der Waals surface area (Å²) in [5.74, 6) is 5.62. The van der Waals surface area contributed by atoms with Gasteiger partial charge in [-0.1, -0.05) is 61.6 Å². The van der Waals surface area contributed by atoms with Crippen LogP contribution in [0.2, 0.25) is 0 Å². The van der Waals surface area contributed by atoms with Crippen molar-refractivity contribution in [1.29, 1.82) is 0 Å². The second-order valence-electron chi connectivity index (χ2n) is 5.91. The van der Waals surface area contributed by atoms with E-state index < -0.39 is 11.2 Å². The first-order valence-electron chi connectivity index (χ1n) is 7.32. The Morgan fingerprint density at radius 2 is 1.62 bits per heavy atom. The molecule has 0 radical (unpaired) electrons. The molecule has 0 fully saturated rings. The van der Waals surface area contributed by atoms with Crippen LogP contribution in [0.25, 0.3) is 10.8 Å². The molecular formula is C19H22O2. The molecule has 2 aromatic rings. The molecule has 0 saturated carbocycles. The highest BCUT2D eigenvalue weighted by Gasteiger charge is 2.22. The zero-order chi connectivity index (χ0) is 15.5. The summed E-state index contributed by atoms with van der Waals surface area (Å²) in [6.07, 6.45) is 1.44. The molecule has 0 aliphatic rings. The number of hydrogen-bond acceptors (Lipinski definition) is 2. The first-order valence-corrected chi connectivity index (χ1v) is 7.32. The Labute approximate surface area is 126 Å². The van der Waals surface area contributed by atoms with Crippen LogP contribution in [-0.2, 0) is 5.60 Å². The summed E-state index contributed by atoms with van der Waals surface area (Å²) in [7, 11) is 0. The molecule has 0 saturated heterocycles. The van der Waals surface area contributed by atoms with E-state index in [0.29, 0.717) is 6.42 Å². The van der Waals surface area contributed by atoms with Gasteiger partial charge in [0.05, 0.1) is 0 Å². The summed E-state index contributed by atoms with van der Waals surface area (Å²) in [6.45, 7) is 5.34. The fourth-order valence-electron chi connectivity index (χ4n) is 2.37. The van der Waals surface area contributed by atoms with Crippen molar-refractivity contribution in [3.05, 3.63) is 48.0 Å². The van der Waals surface area contributed by atoms with E-state index in [2.05, 4.69) is 11.8 Å². The molecule has 0 aliphatic carbocycles. The summed E-state index contributed by atoms with van der Waals surface area (Å²) >= 11 is 0. The van der Waals surface area contributed by atoms with Crippen molar-refractivity contribution in [2.75, 3.05) is 0 Å². The van der Waals surface area contributed by atoms with Gasteiger partial charge in [0.2, 0.25) is 0 Å².